The quantitative estimate of drug-likeness (QED) is 0.465. The number of aromatic nitrogens is 2. The van der Waals surface area contributed by atoms with Crippen LogP contribution < -0.4 is 0 Å². The third-order valence-electron chi connectivity index (χ3n) is 1.27. The van der Waals surface area contributed by atoms with Crippen molar-refractivity contribution in [3.8, 4) is 0 Å². The number of hydrogen-bond donors (Lipinski definition) is 0. The highest BCUT2D eigenvalue weighted by Crippen LogP contribution is 2.13. The van der Waals surface area contributed by atoms with E-state index in [0.29, 0.717) is 5.69 Å². The highest BCUT2D eigenvalue weighted by molar-refractivity contribution is 5.49. The van der Waals surface area contributed by atoms with E-state index in [0.717, 1.165) is 12.1 Å². The minimum Gasteiger partial charge on any atom is -0.243 e. The van der Waals surface area contributed by atoms with E-state index in [9.17, 15) is 4.79 Å². The Bertz CT molecular complexity index is 291. The van der Waals surface area contributed by atoms with Crippen molar-refractivity contribution in [2.24, 2.45) is 4.99 Å². The largest absolute Gasteiger partial charge is 0.243 e. The second kappa shape index (κ2) is 3.58. The summed E-state index contributed by atoms with van der Waals surface area (Å²) in [5.74, 6) is 0. The number of nitrogens with zero attached hydrogens (tertiary/aromatic N) is 3. The summed E-state index contributed by atoms with van der Waals surface area (Å²) in [6, 6.07) is 0. The number of rotatable bonds is 2. The zero-order valence-corrected chi connectivity index (χ0v) is 6.11. The van der Waals surface area contributed by atoms with E-state index in [2.05, 4.69) is 15.0 Å². The maximum atomic E-state index is 9.90. The second-order valence-electron chi connectivity index (χ2n) is 1.91. The van der Waals surface area contributed by atoms with Gasteiger partial charge in [-0.2, -0.15) is 4.99 Å². The monoisotopic (exact) mass is 149 g/mol. The molecule has 0 radical (unpaired) electrons. The summed E-state index contributed by atoms with van der Waals surface area (Å²) >= 11 is 0. The Morgan fingerprint density at radius 1 is 1.73 bits per heavy atom. The van der Waals surface area contributed by atoms with Crippen LogP contribution in [0.2, 0.25) is 0 Å². The molecular weight excluding hydrogens is 142 g/mol. The first-order valence-corrected chi connectivity index (χ1v) is 3.25. The van der Waals surface area contributed by atoms with E-state index in [1.54, 1.807) is 0 Å². The van der Waals surface area contributed by atoms with Gasteiger partial charge in [-0.25, -0.2) is 14.8 Å². The average Bonchev–Trinajstić information content (AvgIpc) is 2.06. The van der Waals surface area contributed by atoms with Gasteiger partial charge in [-0.1, -0.05) is 6.92 Å². The van der Waals surface area contributed by atoms with Crippen molar-refractivity contribution >= 4 is 11.8 Å². The molecule has 0 fully saturated rings. The lowest BCUT2D eigenvalue weighted by atomic mass is 10.3. The number of carbonyl (C=O) groups excluding carboxylic acids is 1. The first-order valence-electron chi connectivity index (χ1n) is 3.25. The SMILES string of the molecule is CCc1ncncc1N=C=O. The molecule has 4 heteroatoms. The van der Waals surface area contributed by atoms with Crippen molar-refractivity contribution < 1.29 is 4.79 Å². The van der Waals surface area contributed by atoms with Gasteiger partial charge in [0, 0.05) is 0 Å². The molecule has 4 nitrogen and oxygen atoms in total. The molecule has 0 bridgehead atoms. The number of isocyanates is 1. The van der Waals surface area contributed by atoms with Gasteiger partial charge < -0.3 is 0 Å². The zero-order valence-electron chi connectivity index (χ0n) is 6.11. The van der Waals surface area contributed by atoms with E-state index < -0.39 is 0 Å². The molecule has 0 atom stereocenters. The van der Waals surface area contributed by atoms with Crippen molar-refractivity contribution in [2.45, 2.75) is 13.3 Å². The minimum atomic E-state index is 0.505. The predicted molar refractivity (Wildman–Crippen MR) is 39.2 cm³/mol. The third-order valence-corrected chi connectivity index (χ3v) is 1.27. The van der Waals surface area contributed by atoms with Gasteiger partial charge in [-0.15, -0.1) is 0 Å². The van der Waals surface area contributed by atoms with E-state index in [1.165, 1.54) is 18.6 Å². The summed E-state index contributed by atoms with van der Waals surface area (Å²) in [5, 5.41) is 0. The Morgan fingerprint density at radius 2 is 2.55 bits per heavy atom. The third kappa shape index (κ3) is 1.69. The van der Waals surface area contributed by atoms with Crippen molar-refractivity contribution in [2.75, 3.05) is 0 Å². The maximum Gasteiger partial charge on any atom is 0.240 e. The van der Waals surface area contributed by atoms with E-state index in [1.807, 2.05) is 6.92 Å². The van der Waals surface area contributed by atoms with Crippen molar-refractivity contribution in [1.29, 1.82) is 0 Å². The van der Waals surface area contributed by atoms with Crippen LogP contribution in [-0.4, -0.2) is 16.0 Å². The molecule has 56 valence electrons. The second-order valence-corrected chi connectivity index (χ2v) is 1.91. The molecule has 11 heavy (non-hydrogen) atoms. The molecule has 1 aromatic rings. The first kappa shape index (κ1) is 7.57. The van der Waals surface area contributed by atoms with E-state index in [-0.39, 0.29) is 0 Å². The van der Waals surface area contributed by atoms with Crippen LogP contribution in [0.3, 0.4) is 0 Å². The predicted octanol–water partition coefficient (Wildman–Crippen LogP) is 1.01. The molecule has 1 heterocycles. The van der Waals surface area contributed by atoms with Crippen molar-refractivity contribution in [1.82, 2.24) is 9.97 Å². The standard InChI is InChI=1S/C7H7N3O/c1-2-6-7(10-5-11)3-8-4-9-6/h3-4H,2H2,1H3. The van der Waals surface area contributed by atoms with Crippen LogP contribution >= 0.6 is 0 Å². The van der Waals surface area contributed by atoms with Gasteiger partial charge in [0.15, 0.2) is 0 Å². The smallest absolute Gasteiger partial charge is 0.240 e. The van der Waals surface area contributed by atoms with Crippen LogP contribution in [0.1, 0.15) is 12.6 Å². The summed E-state index contributed by atoms with van der Waals surface area (Å²) in [7, 11) is 0. The molecule has 1 aromatic heterocycles. The zero-order chi connectivity index (χ0) is 8.10. The van der Waals surface area contributed by atoms with Gasteiger partial charge in [0.2, 0.25) is 6.08 Å². The number of aryl methyl sites for hydroxylation is 1. The number of aliphatic imine (C=N–C) groups is 1. The molecule has 0 aliphatic heterocycles. The van der Waals surface area contributed by atoms with Gasteiger partial charge in [0.1, 0.15) is 12.0 Å². The summed E-state index contributed by atoms with van der Waals surface area (Å²) in [5.41, 5.74) is 1.27. The Balaban J connectivity index is 3.11. The molecule has 0 N–H and O–H groups in total. The van der Waals surface area contributed by atoms with Gasteiger partial charge in [0.05, 0.1) is 11.9 Å². The van der Waals surface area contributed by atoms with Crippen LogP contribution in [-0.2, 0) is 11.2 Å². The van der Waals surface area contributed by atoms with Crippen LogP contribution in [0.4, 0.5) is 5.69 Å². The Morgan fingerprint density at radius 3 is 3.18 bits per heavy atom. The first-order chi connectivity index (χ1) is 5.38. The molecule has 0 aliphatic carbocycles. The molecule has 0 saturated heterocycles. The highest BCUT2D eigenvalue weighted by Gasteiger charge is 1.97. The van der Waals surface area contributed by atoms with Gasteiger partial charge in [0.25, 0.3) is 0 Å². The Labute approximate surface area is 64.0 Å². The molecule has 0 unspecified atom stereocenters. The van der Waals surface area contributed by atoms with Crippen molar-refractivity contribution in [3.63, 3.8) is 0 Å². The Kier molecular flexibility index (Phi) is 2.47. The maximum absolute atomic E-state index is 9.90. The van der Waals surface area contributed by atoms with Crippen LogP contribution in [0.15, 0.2) is 17.5 Å². The summed E-state index contributed by atoms with van der Waals surface area (Å²) < 4.78 is 0. The van der Waals surface area contributed by atoms with Gasteiger partial charge in [-0.05, 0) is 6.42 Å². The normalized spacial score (nSPS) is 8.82. The summed E-state index contributed by atoms with van der Waals surface area (Å²) in [6.45, 7) is 1.94. The van der Waals surface area contributed by atoms with E-state index >= 15 is 0 Å². The van der Waals surface area contributed by atoms with Crippen LogP contribution in [0.5, 0.6) is 0 Å². The summed E-state index contributed by atoms with van der Waals surface area (Å²) in [6.07, 6.45) is 5.12. The average molecular weight is 149 g/mol. The fourth-order valence-corrected chi connectivity index (χ4v) is 0.763. The lowest BCUT2D eigenvalue weighted by Gasteiger charge is -1.95. The number of hydrogen-bond acceptors (Lipinski definition) is 4. The fraction of sp³-hybridized carbons (Fsp3) is 0.286. The molecule has 0 aliphatic rings. The molecule has 0 amide bonds. The molecule has 0 aromatic carbocycles. The lowest BCUT2D eigenvalue weighted by Crippen LogP contribution is -1.87. The lowest BCUT2D eigenvalue weighted by molar-refractivity contribution is 0.565. The Hall–Kier alpha value is -1.54. The molecule has 0 spiro atoms. The molecular formula is C7H7N3O. The summed E-state index contributed by atoms with van der Waals surface area (Å²) in [4.78, 5) is 21.0. The molecule has 1 rings (SSSR count). The van der Waals surface area contributed by atoms with Crippen molar-refractivity contribution in [3.05, 3.63) is 18.2 Å². The van der Waals surface area contributed by atoms with E-state index in [4.69, 9.17) is 0 Å². The topological polar surface area (TPSA) is 55.2 Å². The minimum absolute atomic E-state index is 0.505. The van der Waals surface area contributed by atoms with Crippen LogP contribution in [0.25, 0.3) is 0 Å². The molecule has 0 saturated carbocycles. The fourth-order valence-electron chi connectivity index (χ4n) is 0.763. The van der Waals surface area contributed by atoms with Gasteiger partial charge in [-0.3, -0.25) is 0 Å². The highest BCUT2D eigenvalue weighted by atomic mass is 16.1. The van der Waals surface area contributed by atoms with Crippen LogP contribution in [0, 0.1) is 0 Å². The van der Waals surface area contributed by atoms with Gasteiger partial charge >= 0.3 is 0 Å².